The minimum Gasteiger partial charge on any atom is -0.455 e. The first-order valence-corrected chi connectivity index (χ1v) is 14.0. The van der Waals surface area contributed by atoms with Gasteiger partial charge in [0.1, 0.15) is 11.2 Å². The number of aromatic nitrogens is 1. The lowest BCUT2D eigenvalue weighted by atomic mass is 9.95. The van der Waals surface area contributed by atoms with E-state index in [1.165, 1.54) is 21.5 Å². The Morgan fingerprint density at radius 1 is 0.548 bits per heavy atom. The van der Waals surface area contributed by atoms with Gasteiger partial charge in [-0.1, -0.05) is 84.9 Å². The van der Waals surface area contributed by atoms with Crippen molar-refractivity contribution >= 4 is 71.0 Å². The third-order valence-electron chi connectivity index (χ3n) is 8.55. The molecule has 0 radical (unpaired) electrons. The number of para-hydroxylation sites is 1. The van der Waals surface area contributed by atoms with Crippen LogP contribution in [0.3, 0.4) is 0 Å². The number of rotatable bonds is 2. The number of benzene rings is 7. The average Bonchev–Trinajstić information content (AvgIpc) is 3.59. The smallest absolute Gasteiger partial charge is 0.188 e. The molecule has 9 aromatic rings. The Hall–Kier alpha value is -5.85. The Balaban J connectivity index is 1.28. The lowest BCUT2D eigenvalue weighted by Gasteiger charge is -2.11. The maximum Gasteiger partial charge on any atom is 0.188 e. The van der Waals surface area contributed by atoms with Gasteiger partial charge in [0, 0.05) is 27.4 Å². The fourth-order valence-corrected chi connectivity index (χ4v) is 6.62. The van der Waals surface area contributed by atoms with E-state index in [4.69, 9.17) is 11.0 Å². The predicted molar refractivity (Wildman–Crippen MR) is 175 cm³/mol. The van der Waals surface area contributed by atoms with Gasteiger partial charge in [-0.2, -0.15) is 0 Å². The Labute approximate surface area is 241 Å². The molecule has 0 aliphatic carbocycles. The SMILES string of the molecule is [C-]#[N+]c1ccc2c(c1)c1ccccc1n2-c1ccc(-c2cc3ccccc3c3c2oc2cc4ccccc4cc23)cc1. The number of hydrogen-bond acceptors (Lipinski definition) is 1. The molecule has 0 atom stereocenters. The van der Waals surface area contributed by atoms with E-state index < -0.39 is 0 Å². The van der Waals surface area contributed by atoms with Crippen molar-refractivity contribution in [2.24, 2.45) is 0 Å². The van der Waals surface area contributed by atoms with E-state index in [0.29, 0.717) is 5.69 Å². The van der Waals surface area contributed by atoms with Crippen molar-refractivity contribution in [3.63, 3.8) is 0 Å². The Morgan fingerprint density at radius 3 is 2.05 bits per heavy atom. The molecular weight excluding hydrogens is 512 g/mol. The fourth-order valence-electron chi connectivity index (χ4n) is 6.62. The van der Waals surface area contributed by atoms with Crippen molar-refractivity contribution in [3.05, 3.63) is 145 Å². The van der Waals surface area contributed by atoms with Crippen LogP contribution in [0.2, 0.25) is 0 Å². The summed E-state index contributed by atoms with van der Waals surface area (Å²) in [5.41, 5.74) is 7.95. The summed E-state index contributed by atoms with van der Waals surface area (Å²) in [6.45, 7) is 7.49. The van der Waals surface area contributed by atoms with E-state index >= 15 is 0 Å². The van der Waals surface area contributed by atoms with E-state index in [9.17, 15) is 0 Å². The lowest BCUT2D eigenvalue weighted by molar-refractivity contribution is 0.671. The first-order valence-electron chi connectivity index (χ1n) is 14.0. The molecule has 0 N–H and O–H groups in total. The molecule has 194 valence electrons. The van der Waals surface area contributed by atoms with Crippen LogP contribution in [0.25, 0.3) is 86.9 Å². The molecule has 2 aromatic heterocycles. The highest BCUT2D eigenvalue weighted by Gasteiger charge is 2.18. The van der Waals surface area contributed by atoms with Crippen molar-refractivity contribution < 1.29 is 4.42 Å². The van der Waals surface area contributed by atoms with Crippen LogP contribution < -0.4 is 0 Å². The zero-order chi connectivity index (χ0) is 27.8. The van der Waals surface area contributed by atoms with Crippen molar-refractivity contribution in [3.8, 4) is 16.8 Å². The summed E-state index contributed by atoms with van der Waals surface area (Å²) in [6.07, 6.45) is 0. The minimum absolute atomic E-state index is 0.653. The van der Waals surface area contributed by atoms with Crippen LogP contribution in [0.5, 0.6) is 0 Å². The van der Waals surface area contributed by atoms with Crippen LogP contribution in [0, 0.1) is 6.57 Å². The zero-order valence-electron chi connectivity index (χ0n) is 22.5. The van der Waals surface area contributed by atoms with Gasteiger partial charge in [0.25, 0.3) is 0 Å². The summed E-state index contributed by atoms with van der Waals surface area (Å²) in [7, 11) is 0. The Kier molecular flexibility index (Phi) is 4.68. The second-order valence-electron chi connectivity index (χ2n) is 10.9. The monoisotopic (exact) mass is 534 g/mol. The molecule has 42 heavy (non-hydrogen) atoms. The van der Waals surface area contributed by atoms with Crippen LogP contribution >= 0.6 is 0 Å². The second-order valence-corrected chi connectivity index (χ2v) is 10.9. The molecule has 0 amide bonds. The number of hydrogen-bond donors (Lipinski definition) is 0. The van der Waals surface area contributed by atoms with Crippen molar-refractivity contribution in [1.29, 1.82) is 0 Å². The van der Waals surface area contributed by atoms with Gasteiger partial charge >= 0.3 is 0 Å². The molecule has 7 aromatic carbocycles. The highest BCUT2D eigenvalue weighted by atomic mass is 16.3. The maximum atomic E-state index is 7.49. The molecule has 3 nitrogen and oxygen atoms in total. The van der Waals surface area contributed by atoms with Crippen LogP contribution in [-0.2, 0) is 0 Å². The van der Waals surface area contributed by atoms with E-state index in [2.05, 4.69) is 131 Å². The first kappa shape index (κ1) is 22.9. The molecule has 0 aliphatic rings. The van der Waals surface area contributed by atoms with Crippen molar-refractivity contribution in [2.45, 2.75) is 0 Å². The largest absolute Gasteiger partial charge is 0.455 e. The fraction of sp³-hybridized carbons (Fsp3) is 0. The van der Waals surface area contributed by atoms with E-state index in [0.717, 1.165) is 60.6 Å². The second kappa shape index (κ2) is 8.57. The van der Waals surface area contributed by atoms with Crippen LogP contribution in [0.1, 0.15) is 0 Å². The number of nitrogens with zero attached hydrogens (tertiary/aromatic N) is 2. The molecule has 2 heterocycles. The van der Waals surface area contributed by atoms with Crippen molar-refractivity contribution in [2.75, 3.05) is 0 Å². The average molecular weight is 535 g/mol. The van der Waals surface area contributed by atoms with Gasteiger partial charge in [0.15, 0.2) is 5.69 Å². The normalized spacial score (nSPS) is 11.8. The topological polar surface area (TPSA) is 22.4 Å². The molecule has 0 saturated heterocycles. The van der Waals surface area contributed by atoms with Crippen LogP contribution in [0.4, 0.5) is 5.69 Å². The third-order valence-corrected chi connectivity index (χ3v) is 8.55. The summed E-state index contributed by atoms with van der Waals surface area (Å²) in [4.78, 5) is 3.66. The van der Waals surface area contributed by atoms with E-state index in [1.807, 2.05) is 12.1 Å². The summed E-state index contributed by atoms with van der Waals surface area (Å²) >= 11 is 0. The highest BCUT2D eigenvalue weighted by molar-refractivity contribution is 6.24. The third kappa shape index (κ3) is 3.21. The molecule has 0 saturated carbocycles. The molecule has 0 aliphatic heterocycles. The molecule has 0 bridgehead atoms. The van der Waals surface area contributed by atoms with Gasteiger partial charge in [0.2, 0.25) is 0 Å². The summed E-state index contributed by atoms with van der Waals surface area (Å²) in [5, 5.41) is 9.31. The molecule has 0 unspecified atom stereocenters. The maximum absolute atomic E-state index is 7.49. The zero-order valence-corrected chi connectivity index (χ0v) is 22.5. The standard InChI is InChI=1S/C39H22N2O/c1-40-28-16-19-36-33(23-28)31-12-6-7-13-35(31)41(36)29-17-14-24(15-18-29)32-21-27-10-4-5-11-30(27)38-34-20-25-8-2-3-9-26(25)22-37(34)42-39(32)38/h2-23H. The molecular formula is C39H22N2O. The van der Waals surface area contributed by atoms with Gasteiger partial charge in [-0.05, 0) is 81.0 Å². The first-order chi connectivity index (χ1) is 20.8. The van der Waals surface area contributed by atoms with Gasteiger partial charge in [-0.15, -0.1) is 0 Å². The Morgan fingerprint density at radius 2 is 1.24 bits per heavy atom. The van der Waals surface area contributed by atoms with E-state index in [-0.39, 0.29) is 0 Å². The molecule has 9 rings (SSSR count). The van der Waals surface area contributed by atoms with Gasteiger partial charge in [0.05, 0.1) is 17.6 Å². The quantitative estimate of drug-likeness (QED) is 0.202. The van der Waals surface area contributed by atoms with Crippen LogP contribution in [0.15, 0.2) is 138 Å². The lowest BCUT2D eigenvalue weighted by Crippen LogP contribution is -1.93. The molecule has 0 fully saturated rings. The summed E-state index contributed by atoms with van der Waals surface area (Å²) in [5.74, 6) is 0. The summed E-state index contributed by atoms with van der Waals surface area (Å²) in [6, 6.07) is 46.8. The van der Waals surface area contributed by atoms with Crippen molar-refractivity contribution in [1.82, 2.24) is 4.57 Å². The number of furan rings is 1. The minimum atomic E-state index is 0.653. The van der Waals surface area contributed by atoms with Crippen LogP contribution in [-0.4, -0.2) is 4.57 Å². The van der Waals surface area contributed by atoms with Gasteiger partial charge < -0.3 is 8.98 Å². The predicted octanol–water partition coefficient (Wildman–Crippen LogP) is 11.2. The van der Waals surface area contributed by atoms with Gasteiger partial charge in [-0.25, -0.2) is 4.85 Å². The molecule has 0 spiro atoms. The summed E-state index contributed by atoms with van der Waals surface area (Å²) < 4.78 is 8.95. The van der Waals surface area contributed by atoms with E-state index in [1.54, 1.807) is 0 Å². The highest BCUT2D eigenvalue weighted by Crippen LogP contribution is 2.42. The van der Waals surface area contributed by atoms with Gasteiger partial charge in [-0.3, -0.25) is 0 Å². The Bertz CT molecular complexity index is 2580. The number of fused-ring (bicyclic) bond motifs is 9. The molecule has 3 heteroatoms.